The quantitative estimate of drug-likeness (QED) is 0.636. The normalized spacial score (nSPS) is 11.5. The Balaban J connectivity index is 2.10. The third-order valence-electron chi connectivity index (χ3n) is 2.85. The molecule has 2 aromatic rings. The van der Waals surface area contributed by atoms with Gasteiger partial charge in [-0.2, -0.15) is 0 Å². The molecule has 0 amide bonds. The van der Waals surface area contributed by atoms with Gasteiger partial charge in [0.15, 0.2) is 6.10 Å². The zero-order valence-electron chi connectivity index (χ0n) is 11.1. The first-order valence-corrected chi connectivity index (χ1v) is 6.26. The molecule has 0 saturated heterocycles. The van der Waals surface area contributed by atoms with Crippen molar-refractivity contribution >= 4 is 5.97 Å². The molecule has 0 saturated carbocycles. The van der Waals surface area contributed by atoms with E-state index in [-0.39, 0.29) is 0 Å². The van der Waals surface area contributed by atoms with Crippen molar-refractivity contribution in [3.05, 3.63) is 71.3 Å². The number of rotatable bonds is 4. The van der Waals surface area contributed by atoms with Crippen molar-refractivity contribution < 1.29 is 18.3 Å². The number of terminal acetylenes is 1. The van der Waals surface area contributed by atoms with Gasteiger partial charge in [0.1, 0.15) is 11.6 Å². The summed E-state index contributed by atoms with van der Waals surface area (Å²) in [6.45, 7) is 0. The number of esters is 1. The summed E-state index contributed by atoms with van der Waals surface area (Å²) in [5.41, 5.74) is 0.413. The Morgan fingerprint density at radius 2 is 1.90 bits per heavy atom. The molecule has 0 heterocycles. The van der Waals surface area contributed by atoms with E-state index in [0.717, 1.165) is 23.8 Å². The van der Waals surface area contributed by atoms with Gasteiger partial charge in [0.05, 0.1) is 5.56 Å². The van der Waals surface area contributed by atoms with Crippen molar-refractivity contribution in [1.82, 2.24) is 0 Å². The maximum Gasteiger partial charge on any atom is 0.342 e. The second kappa shape index (κ2) is 6.67. The van der Waals surface area contributed by atoms with Gasteiger partial charge in [0.2, 0.25) is 0 Å². The van der Waals surface area contributed by atoms with Gasteiger partial charge in [-0.15, -0.1) is 6.42 Å². The molecule has 2 nitrogen and oxygen atoms in total. The average molecular weight is 286 g/mol. The van der Waals surface area contributed by atoms with Crippen LogP contribution in [0.2, 0.25) is 0 Å². The first kappa shape index (κ1) is 14.7. The van der Waals surface area contributed by atoms with E-state index in [2.05, 4.69) is 5.92 Å². The van der Waals surface area contributed by atoms with Crippen molar-refractivity contribution in [3.63, 3.8) is 0 Å². The average Bonchev–Trinajstić information content (AvgIpc) is 2.50. The summed E-state index contributed by atoms with van der Waals surface area (Å²) >= 11 is 0. The molecular formula is C17H12F2O2. The number of benzene rings is 2. The lowest BCUT2D eigenvalue weighted by molar-refractivity contribution is 0.0405. The van der Waals surface area contributed by atoms with Gasteiger partial charge < -0.3 is 4.74 Å². The highest BCUT2D eigenvalue weighted by molar-refractivity contribution is 5.90. The number of hydrogen-bond acceptors (Lipinski definition) is 2. The second-order valence-electron chi connectivity index (χ2n) is 4.37. The molecule has 4 heteroatoms. The lowest BCUT2D eigenvalue weighted by Crippen LogP contribution is -2.20. The molecule has 1 atom stereocenters. The summed E-state index contributed by atoms with van der Waals surface area (Å²) in [4.78, 5) is 11.9. The van der Waals surface area contributed by atoms with Crippen molar-refractivity contribution in [2.45, 2.75) is 12.5 Å². The van der Waals surface area contributed by atoms with Crippen LogP contribution in [0.1, 0.15) is 15.9 Å². The maximum absolute atomic E-state index is 13.5. The summed E-state index contributed by atoms with van der Waals surface area (Å²) in [5.74, 6) is -0.224. The largest absolute Gasteiger partial charge is 0.445 e. The van der Waals surface area contributed by atoms with Crippen molar-refractivity contribution in [2.24, 2.45) is 0 Å². The highest BCUT2D eigenvalue weighted by atomic mass is 19.1. The summed E-state index contributed by atoms with van der Waals surface area (Å²) in [6.07, 6.45) is 4.78. The molecule has 0 aliphatic carbocycles. The van der Waals surface area contributed by atoms with Crippen LogP contribution in [-0.2, 0) is 11.2 Å². The first-order chi connectivity index (χ1) is 10.1. The number of ether oxygens (including phenoxy) is 1. The van der Waals surface area contributed by atoms with Gasteiger partial charge in [-0.3, -0.25) is 0 Å². The predicted molar refractivity (Wildman–Crippen MR) is 74.5 cm³/mol. The molecule has 106 valence electrons. The van der Waals surface area contributed by atoms with Crippen LogP contribution in [0.4, 0.5) is 8.78 Å². The standard InChI is InChI=1S/C17H12F2O2/c1-2-14(10-12-6-4-3-5-7-12)21-17(20)15-11-13(18)8-9-16(15)19/h1,3-9,11,14H,10H2/t14-/m0/s1. The second-order valence-corrected chi connectivity index (χ2v) is 4.37. The minimum atomic E-state index is -0.981. The number of carbonyl (C=O) groups excluding carboxylic acids is 1. The zero-order chi connectivity index (χ0) is 15.2. The van der Waals surface area contributed by atoms with E-state index in [1.165, 1.54) is 0 Å². The van der Waals surface area contributed by atoms with E-state index in [9.17, 15) is 13.6 Å². The van der Waals surface area contributed by atoms with E-state index >= 15 is 0 Å². The van der Waals surface area contributed by atoms with E-state index in [1.807, 2.05) is 30.3 Å². The van der Waals surface area contributed by atoms with Crippen LogP contribution in [0, 0.1) is 24.0 Å². The molecule has 0 aromatic heterocycles. The molecule has 0 radical (unpaired) electrons. The molecule has 0 unspecified atom stereocenters. The van der Waals surface area contributed by atoms with Crippen LogP contribution in [0.15, 0.2) is 48.5 Å². The summed E-state index contributed by atoms with van der Waals surface area (Å²) < 4.78 is 31.6. The summed E-state index contributed by atoms with van der Waals surface area (Å²) in [6, 6.07) is 11.8. The van der Waals surface area contributed by atoms with Gasteiger partial charge in [-0.25, -0.2) is 13.6 Å². The fraction of sp³-hybridized carbons (Fsp3) is 0.118. The summed E-state index contributed by atoms with van der Waals surface area (Å²) in [5, 5.41) is 0. The van der Waals surface area contributed by atoms with Crippen molar-refractivity contribution in [2.75, 3.05) is 0 Å². The predicted octanol–water partition coefficient (Wildman–Crippen LogP) is 3.37. The molecular weight excluding hydrogens is 274 g/mol. The molecule has 21 heavy (non-hydrogen) atoms. The molecule has 0 spiro atoms. The minimum absolute atomic E-state index is 0.306. The third-order valence-corrected chi connectivity index (χ3v) is 2.85. The van der Waals surface area contributed by atoms with Crippen LogP contribution < -0.4 is 0 Å². The Morgan fingerprint density at radius 1 is 1.19 bits per heavy atom. The maximum atomic E-state index is 13.5. The fourth-order valence-corrected chi connectivity index (χ4v) is 1.81. The number of hydrogen-bond donors (Lipinski definition) is 0. The SMILES string of the molecule is C#C[C@@H](Cc1ccccc1)OC(=O)c1cc(F)ccc1F. The van der Waals surface area contributed by atoms with Crippen LogP contribution in [-0.4, -0.2) is 12.1 Å². The molecule has 0 aliphatic rings. The van der Waals surface area contributed by atoms with Crippen LogP contribution in [0.3, 0.4) is 0 Å². The lowest BCUT2D eigenvalue weighted by Gasteiger charge is -2.13. The molecule has 2 rings (SSSR count). The Labute approximate surface area is 121 Å². The smallest absolute Gasteiger partial charge is 0.342 e. The minimum Gasteiger partial charge on any atom is -0.445 e. The van der Waals surface area contributed by atoms with Gasteiger partial charge in [0.25, 0.3) is 0 Å². The number of halogens is 2. The third kappa shape index (κ3) is 3.90. The van der Waals surface area contributed by atoms with E-state index in [4.69, 9.17) is 11.2 Å². The molecule has 0 N–H and O–H groups in total. The van der Waals surface area contributed by atoms with E-state index < -0.39 is 29.3 Å². The van der Waals surface area contributed by atoms with Gasteiger partial charge in [0, 0.05) is 6.42 Å². The van der Waals surface area contributed by atoms with Crippen molar-refractivity contribution in [3.8, 4) is 12.3 Å². The number of carbonyl (C=O) groups is 1. The monoisotopic (exact) mass is 286 g/mol. The molecule has 0 bridgehead atoms. The highest BCUT2D eigenvalue weighted by Crippen LogP contribution is 2.13. The topological polar surface area (TPSA) is 26.3 Å². The van der Waals surface area contributed by atoms with Gasteiger partial charge in [-0.1, -0.05) is 36.3 Å². The molecule has 0 aliphatic heterocycles. The first-order valence-electron chi connectivity index (χ1n) is 6.26. The van der Waals surface area contributed by atoms with Gasteiger partial charge in [-0.05, 0) is 23.8 Å². The van der Waals surface area contributed by atoms with E-state index in [1.54, 1.807) is 0 Å². The Morgan fingerprint density at radius 3 is 2.57 bits per heavy atom. The fourth-order valence-electron chi connectivity index (χ4n) is 1.81. The zero-order valence-corrected chi connectivity index (χ0v) is 11.1. The van der Waals surface area contributed by atoms with Gasteiger partial charge >= 0.3 is 5.97 Å². The van der Waals surface area contributed by atoms with E-state index in [0.29, 0.717) is 6.42 Å². The highest BCUT2D eigenvalue weighted by Gasteiger charge is 2.18. The summed E-state index contributed by atoms with van der Waals surface area (Å²) in [7, 11) is 0. The van der Waals surface area contributed by atoms with Crippen molar-refractivity contribution in [1.29, 1.82) is 0 Å². The molecule has 0 fully saturated rings. The van der Waals surface area contributed by atoms with Crippen LogP contribution in [0.5, 0.6) is 0 Å². The molecule has 2 aromatic carbocycles. The Hall–Kier alpha value is -2.67. The Kier molecular flexibility index (Phi) is 4.68. The van der Waals surface area contributed by atoms with Crippen LogP contribution in [0.25, 0.3) is 0 Å². The van der Waals surface area contributed by atoms with Crippen LogP contribution >= 0.6 is 0 Å². The lowest BCUT2D eigenvalue weighted by atomic mass is 10.1. The Bertz CT molecular complexity index is 675.